The summed E-state index contributed by atoms with van der Waals surface area (Å²) in [4.78, 5) is 14.4. The van der Waals surface area contributed by atoms with Crippen LogP contribution in [0.2, 0.25) is 0 Å². The number of rotatable bonds is 5. The number of hydrogen-bond donors (Lipinski definition) is 1. The van der Waals surface area contributed by atoms with Crippen LogP contribution in [0, 0.1) is 10.1 Å². The number of nitrogens with two attached hydrogens (primary N) is 1. The molecule has 0 aliphatic carbocycles. The Kier molecular flexibility index (Phi) is 5.42. The maximum Gasteiger partial charge on any atom is 0.270 e. The van der Waals surface area contributed by atoms with E-state index in [9.17, 15) is 18.5 Å². The van der Waals surface area contributed by atoms with Gasteiger partial charge in [0.25, 0.3) is 5.69 Å². The molecule has 4 rings (SSSR count). The van der Waals surface area contributed by atoms with Gasteiger partial charge in [0.1, 0.15) is 4.90 Å². The number of non-ortho nitro benzene ring substituents is 1. The molecule has 1 aliphatic rings. The Balaban J connectivity index is 1.52. The van der Waals surface area contributed by atoms with Gasteiger partial charge in [-0.3, -0.25) is 15.0 Å². The lowest BCUT2D eigenvalue weighted by atomic mass is 10.0. The van der Waals surface area contributed by atoms with Crippen LogP contribution in [0.3, 0.4) is 0 Å². The zero-order valence-corrected chi connectivity index (χ0v) is 17.1. The third-order valence-electron chi connectivity index (χ3n) is 5.45. The molecule has 8 nitrogen and oxygen atoms in total. The summed E-state index contributed by atoms with van der Waals surface area (Å²) in [5.74, 6) is 0. The van der Waals surface area contributed by atoms with Crippen LogP contribution in [-0.4, -0.2) is 44.4 Å². The lowest BCUT2D eigenvalue weighted by Gasteiger charge is -2.36. The molecular formula is C21H22N4O4S. The number of piperazine rings is 1. The van der Waals surface area contributed by atoms with Gasteiger partial charge in [0.05, 0.1) is 10.6 Å². The van der Waals surface area contributed by atoms with Crippen LogP contribution in [-0.2, 0) is 16.6 Å². The Labute approximate surface area is 174 Å². The number of benzene rings is 3. The summed E-state index contributed by atoms with van der Waals surface area (Å²) in [6, 6.07) is 18.4. The first-order valence-corrected chi connectivity index (χ1v) is 11.1. The van der Waals surface area contributed by atoms with Crippen molar-refractivity contribution in [3.63, 3.8) is 0 Å². The summed E-state index contributed by atoms with van der Waals surface area (Å²) in [7, 11) is -4.08. The highest BCUT2D eigenvalue weighted by atomic mass is 32.2. The molecule has 9 heteroatoms. The molecule has 0 atom stereocenters. The van der Waals surface area contributed by atoms with Crippen molar-refractivity contribution < 1.29 is 13.3 Å². The van der Waals surface area contributed by atoms with Crippen molar-refractivity contribution >= 4 is 32.2 Å². The molecule has 30 heavy (non-hydrogen) atoms. The van der Waals surface area contributed by atoms with Crippen LogP contribution in [0.1, 0.15) is 5.56 Å². The Morgan fingerprint density at radius 2 is 1.67 bits per heavy atom. The number of sulfonamides is 1. The highest BCUT2D eigenvalue weighted by Crippen LogP contribution is 2.30. The predicted octanol–water partition coefficient (Wildman–Crippen LogP) is 2.72. The first-order chi connectivity index (χ1) is 14.3. The molecule has 3 aromatic rings. The van der Waals surface area contributed by atoms with E-state index in [2.05, 4.69) is 35.2 Å². The standard InChI is InChI=1S/C21H22N4O4S/c22-30(28,29)21-14-18(25(26)27)8-9-20(21)24-12-10-23(11-13-24)15-17-6-3-5-16-4-1-2-7-19(16)17/h1-9,14H,10-13,15H2,(H2,22,28,29). The quantitative estimate of drug-likeness (QED) is 0.496. The zero-order valence-electron chi connectivity index (χ0n) is 16.3. The highest BCUT2D eigenvalue weighted by molar-refractivity contribution is 7.89. The molecule has 0 spiro atoms. The first-order valence-electron chi connectivity index (χ1n) is 9.58. The monoisotopic (exact) mass is 426 g/mol. The zero-order chi connectivity index (χ0) is 21.3. The molecule has 0 saturated carbocycles. The summed E-state index contributed by atoms with van der Waals surface area (Å²) < 4.78 is 24.0. The van der Waals surface area contributed by atoms with Crippen LogP contribution >= 0.6 is 0 Å². The van der Waals surface area contributed by atoms with Gasteiger partial charge in [-0.15, -0.1) is 0 Å². The van der Waals surface area contributed by atoms with Gasteiger partial charge in [0, 0.05) is 44.9 Å². The fourth-order valence-corrected chi connectivity index (χ4v) is 4.70. The molecule has 156 valence electrons. The number of hydrogen-bond acceptors (Lipinski definition) is 6. The van der Waals surface area contributed by atoms with E-state index in [-0.39, 0.29) is 10.6 Å². The van der Waals surface area contributed by atoms with Crippen molar-refractivity contribution in [2.75, 3.05) is 31.1 Å². The van der Waals surface area contributed by atoms with Crippen LogP contribution in [0.25, 0.3) is 10.8 Å². The molecule has 1 aliphatic heterocycles. The molecule has 0 unspecified atom stereocenters. The van der Waals surface area contributed by atoms with Gasteiger partial charge in [-0.25, -0.2) is 13.6 Å². The molecule has 1 saturated heterocycles. The molecule has 3 aromatic carbocycles. The number of anilines is 1. The van der Waals surface area contributed by atoms with E-state index >= 15 is 0 Å². The smallest absolute Gasteiger partial charge is 0.270 e. The Morgan fingerprint density at radius 1 is 0.967 bits per heavy atom. The van der Waals surface area contributed by atoms with Crippen molar-refractivity contribution in [3.05, 3.63) is 76.3 Å². The maximum absolute atomic E-state index is 12.0. The van der Waals surface area contributed by atoms with Gasteiger partial charge in [-0.2, -0.15) is 0 Å². The van der Waals surface area contributed by atoms with Crippen LogP contribution in [0.4, 0.5) is 11.4 Å². The van der Waals surface area contributed by atoms with E-state index in [1.807, 2.05) is 17.0 Å². The van der Waals surface area contributed by atoms with Crippen LogP contribution < -0.4 is 10.0 Å². The molecular weight excluding hydrogens is 404 g/mol. The van der Waals surface area contributed by atoms with Crippen LogP contribution in [0.5, 0.6) is 0 Å². The minimum atomic E-state index is -4.08. The Morgan fingerprint density at radius 3 is 2.37 bits per heavy atom. The average Bonchev–Trinajstić information content (AvgIpc) is 2.73. The Bertz CT molecular complexity index is 1200. The highest BCUT2D eigenvalue weighted by Gasteiger charge is 2.25. The van der Waals surface area contributed by atoms with E-state index in [1.165, 1.54) is 28.5 Å². The van der Waals surface area contributed by atoms with Crippen LogP contribution in [0.15, 0.2) is 65.6 Å². The number of primary sulfonamides is 1. The second-order valence-corrected chi connectivity index (χ2v) is 8.89. The first kappa shape index (κ1) is 20.3. The number of nitrogens with zero attached hydrogens (tertiary/aromatic N) is 3. The van der Waals surface area contributed by atoms with Crippen molar-refractivity contribution in [1.29, 1.82) is 0 Å². The second-order valence-electron chi connectivity index (χ2n) is 7.36. The van der Waals surface area contributed by atoms with E-state index in [0.717, 1.165) is 25.7 Å². The topological polar surface area (TPSA) is 110 Å². The molecule has 0 radical (unpaired) electrons. The summed E-state index contributed by atoms with van der Waals surface area (Å²) in [6.07, 6.45) is 0. The summed E-state index contributed by atoms with van der Waals surface area (Å²) in [5.41, 5.74) is 1.37. The largest absolute Gasteiger partial charge is 0.368 e. The lowest BCUT2D eigenvalue weighted by Crippen LogP contribution is -2.46. The van der Waals surface area contributed by atoms with Gasteiger partial charge in [-0.1, -0.05) is 42.5 Å². The molecule has 0 aromatic heterocycles. The van der Waals surface area contributed by atoms with Gasteiger partial charge < -0.3 is 4.90 Å². The second kappa shape index (κ2) is 8.02. The van der Waals surface area contributed by atoms with Crippen molar-refractivity contribution in [1.82, 2.24) is 4.90 Å². The molecule has 1 fully saturated rings. The normalized spacial score (nSPS) is 15.4. The maximum atomic E-state index is 12.0. The summed E-state index contributed by atoms with van der Waals surface area (Å²) in [5, 5.41) is 18.8. The minimum Gasteiger partial charge on any atom is -0.368 e. The molecule has 1 heterocycles. The van der Waals surface area contributed by atoms with Gasteiger partial charge >= 0.3 is 0 Å². The van der Waals surface area contributed by atoms with E-state index in [1.54, 1.807) is 0 Å². The predicted molar refractivity (Wildman–Crippen MR) is 116 cm³/mol. The van der Waals surface area contributed by atoms with Crippen molar-refractivity contribution in [2.45, 2.75) is 11.4 Å². The van der Waals surface area contributed by atoms with E-state index < -0.39 is 14.9 Å². The lowest BCUT2D eigenvalue weighted by molar-refractivity contribution is -0.385. The molecule has 2 N–H and O–H groups in total. The summed E-state index contributed by atoms with van der Waals surface area (Å²) in [6.45, 7) is 3.49. The average molecular weight is 426 g/mol. The third-order valence-corrected chi connectivity index (χ3v) is 6.39. The fourth-order valence-electron chi connectivity index (χ4n) is 3.92. The van der Waals surface area contributed by atoms with Crippen molar-refractivity contribution in [3.8, 4) is 0 Å². The molecule has 0 bridgehead atoms. The van der Waals surface area contributed by atoms with Gasteiger partial charge in [0.15, 0.2) is 0 Å². The van der Waals surface area contributed by atoms with E-state index in [0.29, 0.717) is 18.8 Å². The molecule has 0 amide bonds. The number of nitro benzene ring substituents is 1. The minimum absolute atomic E-state index is 0.209. The van der Waals surface area contributed by atoms with Gasteiger partial charge in [0.2, 0.25) is 10.0 Å². The summed E-state index contributed by atoms with van der Waals surface area (Å²) >= 11 is 0. The van der Waals surface area contributed by atoms with Gasteiger partial charge in [-0.05, 0) is 22.4 Å². The third kappa shape index (κ3) is 4.13. The Hall–Kier alpha value is -3.01. The van der Waals surface area contributed by atoms with E-state index in [4.69, 9.17) is 5.14 Å². The fraction of sp³-hybridized carbons (Fsp3) is 0.238. The van der Waals surface area contributed by atoms with Crippen molar-refractivity contribution in [2.24, 2.45) is 5.14 Å². The number of fused-ring (bicyclic) bond motifs is 1. The SMILES string of the molecule is NS(=O)(=O)c1cc([N+](=O)[O-])ccc1N1CCN(Cc2cccc3ccccc23)CC1. The number of nitro groups is 1.